The lowest BCUT2D eigenvalue weighted by Crippen LogP contribution is -2.69. The average Bonchev–Trinajstić information content (AvgIpc) is 3.30. The molecule has 54 heavy (non-hydrogen) atoms. The lowest BCUT2D eigenvalue weighted by Gasteiger charge is -2.53. The van der Waals surface area contributed by atoms with Crippen molar-refractivity contribution in [2.24, 2.45) is 0 Å². The van der Waals surface area contributed by atoms with Gasteiger partial charge in [-0.05, 0) is 53.2 Å². The minimum atomic E-state index is -2.86. The maximum absolute atomic E-state index is 12.0. The number of ether oxygens (including phenoxy) is 5. The van der Waals surface area contributed by atoms with E-state index >= 15 is 0 Å². The summed E-state index contributed by atoms with van der Waals surface area (Å²) < 4.78 is 41.1. The standard InChI is InChI=1S/C46H58O7Si/c1-44(2,3)54(36-22-14-8-15-23-36,37-24-16-9-17-25-37)50-33-46(5)42(47)29-43-45(4,53-46)27-26-38-40(52-43)28-39(49-31-35-20-12-7-13-21-35)41(51-38)32-48-30-34-18-10-6-11-19-34/h6-25,38-43,47H,26-33H2,1-5H3/t38-,39-,40+,41+,42+,43-,45+,46-/m0/s1. The highest BCUT2D eigenvalue weighted by Gasteiger charge is 2.58. The van der Waals surface area contributed by atoms with Gasteiger partial charge in [0, 0.05) is 12.8 Å². The van der Waals surface area contributed by atoms with Gasteiger partial charge in [-0.15, -0.1) is 0 Å². The van der Waals surface area contributed by atoms with Crippen LogP contribution in [0.15, 0.2) is 121 Å². The van der Waals surface area contributed by atoms with E-state index in [1.165, 1.54) is 10.4 Å². The third-order valence-corrected chi connectivity index (χ3v) is 16.9. The molecular formula is C46H58O7Si. The molecule has 3 fully saturated rings. The number of hydrogen-bond donors (Lipinski definition) is 1. The third kappa shape index (κ3) is 8.32. The van der Waals surface area contributed by atoms with E-state index in [9.17, 15) is 5.11 Å². The van der Waals surface area contributed by atoms with Crippen molar-refractivity contribution in [3.05, 3.63) is 132 Å². The first-order valence-electron chi connectivity index (χ1n) is 19.7. The molecule has 0 radical (unpaired) electrons. The fourth-order valence-corrected chi connectivity index (χ4v) is 13.5. The van der Waals surface area contributed by atoms with Gasteiger partial charge >= 0.3 is 0 Å². The molecular weight excluding hydrogens is 693 g/mol. The van der Waals surface area contributed by atoms with E-state index in [1.54, 1.807) is 0 Å². The molecule has 0 bridgehead atoms. The summed E-state index contributed by atoms with van der Waals surface area (Å²) in [6.07, 6.45) is 0.705. The quantitative estimate of drug-likeness (QED) is 0.152. The minimum Gasteiger partial charge on any atom is -0.404 e. The van der Waals surface area contributed by atoms with Gasteiger partial charge in [0.1, 0.15) is 11.7 Å². The van der Waals surface area contributed by atoms with E-state index in [2.05, 4.69) is 113 Å². The highest BCUT2D eigenvalue weighted by molar-refractivity contribution is 6.99. The van der Waals surface area contributed by atoms with Crippen LogP contribution in [-0.2, 0) is 41.3 Å². The van der Waals surface area contributed by atoms with Crippen molar-refractivity contribution in [1.29, 1.82) is 0 Å². The van der Waals surface area contributed by atoms with E-state index < -0.39 is 25.6 Å². The first kappa shape index (κ1) is 39.1. The fraction of sp³-hybridized carbons (Fsp3) is 0.478. The van der Waals surface area contributed by atoms with Crippen molar-refractivity contribution in [2.45, 2.75) is 126 Å². The zero-order valence-electron chi connectivity index (χ0n) is 32.6. The highest BCUT2D eigenvalue weighted by atomic mass is 28.4. The van der Waals surface area contributed by atoms with E-state index in [1.807, 2.05) is 43.3 Å². The topological polar surface area (TPSA) is 75.6 Å². The van der Waals surface area contributed by atoms with Crippen molar-refractivity contribution < 1.29 is 33.2 Å². The average molecular weight is 751 g/mol. The van der Waals surface area contributed by atoms with Gasteiger partial charge in [0.25, 0.3) is 8.32 Å². The number of benzene rings is 4. The van der Waals surface area contributed by atoms with Crippen molar-refractivity contribution in [3.63, 3.8) is 0 Å². The molecule has 7 nitrogen and oxygen atoms in total. The van der Waals surface area contributed by atoms with Gasteiger partial charge in [-0.2, -0.15) is 0 Å². The molecule has 1 N–H and O–H groups in total. The van der Waals surface area contributed by atoms with Gasteiger partial charge in [0.2, 0.25) is 0 Å². The molecule has 288 valence electrons. The summed E-state index contributed by atoms with van der Waals surface area (Å²) in [6.45, 7) is 12.6. The van der Waals surface area contributed by atoms with Crippen LogP contribution in [0.3, 0.4) is 0 Å². The number of aliphatic hydroxyl groups excluding tert-OH is 1. The molecule has 0 aromatic heterocycles. The molecule has 8 heteroatoms. The Hall–Kier alpha value is -3.18. The smallest absolute Gasteiger partial charge is 0.261 e. The van der Waals surface area contributed by atoms with Gasteiger partial charge in [-0.25, -0.2) is 0 Å². The van der Waals surface area contributed by atoms with Crippen LogP contribution in [0.5, 0.6) is 0 Å². The molecule has 3 aliphatic rings. The molecule has 0 spiro atoms. The molecule has 7 rings (SSSR count). The molecule has 0 amide bonds. The largest absolute Gasteiger partial charge is 0.404 e. The number of hydrogen-bond acceptors (Lipinski definition) is 7. The van der Waals surface area contributed by atoms with E-state index in [4.69, 9.17) is 28.1 Å². The number of aliphatic hydroxyl groups is 1. The normalized spacial score (nSPS) is 30.2. The summed E-state index contributed by atoms with van der Waals surface area (Å²) in [5, 5.41) is 14.2. The first-order valence-corrected chi connectivity index (χ1v) is 21.6. The summed E-state index contributed by atoms with van der Waals surface area (Å²) in [4.78, 5) is 0. The van der Waals surface area contributed by atoms with Gasteiger partial charge in [0.15, 0.2) is 0 Å². The van der Waals surface area contributed by atoms with Crippen LogP contribution >= 0.6 is 0 Å². The maximum atomic E-state index is 12.0. The molecule has 4 aromatic rings. The third-order valence-electron chi connectivity index (χ3n) is 11.9. The molecule has 0 saturated carbocycles. The van der Waals surface area contributed by atoms with Crippen molar-refractivity contribution in [1.82, 2.24) is 0 Å². The summed E-state index contributed by atoms with van der Waals surface area (Å²) in [5.41, 5.74) is 0.637. The number of fused-ring (bicyclic) bond motifs is 2. The Morgan fingerprint density at radius 1 is 0.722 bits per heavy atom. The second-order valence-electron chi connectivity index (χ2n) is 16.9. The summed E-state index contributed by atoms with van der Waals surface area (Å²) in [6, 6.07) is 41.7. The van der Waals surface area contributed by atoms with Gasteiger partial charge in [-0.3, -0.25) is 0 Å². The van der Waals surface area contributed by atoms with E-state index in [0.29, 0.717) is 32.7 Å². The van der Waals surface area contributed by atoms with Crippen LogP contribution in [0, 0.1) is 0 Å². The highest BCUT2D eigenvalue weighted by Crippen LogP contribution is 2.46. The summed E-state index contributed by atoms with van der Waals surface area (Å²) in [5.74, 6) is 0. The molecule has 3 aliphatic heterocycles. The molecule has 8 atom stereocenters. The van der Waals surface area contributed by atoms with Crippen molar-refractivity contribution in [3.8, 4) is 0 Å². The lowest BCUT2D eigenvalue weighted by molar-refractivity contribution is -0.289. The molecule has 3 heterocycles. The summed E-state index contributed by atoms with van der Waals surface area (Å²) in [7, 11) is -2.86. The van der Waals surface area contributed by atoms with E-state index in [-0.39, 0.29) is 42.2 Å². The Morgan fingerprint density at radius 3 is 1.85 bits per heavy atom. The van der Waals surface area contributed by atoms with Gasteiger partial charge < -0.3 is 33.2 Å². The Morgan fingerprint density at radius 2 is 1.28 bits per heavy atom. The second-order valence-corrected chi connectivity index (χ2v) is 21.2. The Bertz CT molecular complexity index is 1710. The predicted octanol–water partition coefficient (Wildman–Crippen LogP) is 7.37. The zero-order chi connectivity index (χ0) is 37.8. The van der Waals surface area contributed by atoms with Crippen LogP contribution in [-0.4, -0.2) is 74.5 Å². The molecule has 0 aliphatic carbocycles. The van der Waals surface area contributed by atoms with Crippen LogP contribution in [0.2, 0.25) is 5.04 Å². The van der Waals surface area contributed by atoms with Crippen molar-refractivity contribution >= 4 is 18.7 Å². The zero-order valence-corrected chi connectivity index (χ0v) is 33.6. The fourth-order valence-electron chi connectivity index (χ4n) is 8.85. The van der Waals surface area contributed by atoms with Crippen LogP contribution in [0.25, 0.3) is 0 Å². The van der Waals surface area contributed by atoms with Crippen LogP contribution in [0.4, 0.5) is 0 Å². The van der Waals surface area contributed by atoms with Gasteiger partial charge in [-0.1, -0.05) is 142 Å². The SMILES string of the molecule is CC(C)(C)[Si](OC[C@]1(C)O[C@]2(C)CC[C@@H]3O[C@H](COCc4ccccc4)[C@@H](OCc4ccccc4)C[C@H]3O[C@H]2C[C@H]1O)(c1ccccc1)c1ccccc1. The van der Waals surface area contributed by atoms with Crippen molar-refractivity contribution in [2.75, 3.05) is 13.2 Å². The Kier molecular flexibility index (Phi) is 11.9. The molecule has 4 aromatic carbocycles. The van der Waals surface area contributed by atoms with Gasteiger partial charge in [0.05, 0.1) is 62.5 Å². The molecule has 0 unspecified atom stereocenters. The minimum absolute atomic E-state index is 0.144. The monoisotopic (exact) mass is 750 g/mol. The summed E-state index contributed by atoms with van der Waals surface area (Å²) >= 11 is 0. The van der Waals surface area contributed by atoms with Crippen LogP contribution in [0.1, 0.15) is 71.4 Å². The Balaban J connectivity index is 1.09. The predicted molar refractivity (Wildman–Crippen MR) is 214 cm³/mol. The maximum Gasteiger partial charge on any atom is 0.261 e. The lowest BCUT2D eigenvalue weighted by atomic mass is 9.80. The number of rotatable bonds is 12. The Labute approximate surface area is 323 Å². The first-order chi connectivity index (χ1) is 26.0. The second kappa shape index (κ2) is 16.5. The van der Waals surface area contributed by atoms with E-state index in [0.717, 1.165) is 24.0 Å². The molecule has 3 saturated heterocycles. The van der Waals surface area contributed by atoms with Crippen LogP contribution < -0.4 is 10.4 Å².